The number of rotatable bonds is 4. The first-order valence-corrected chi connectivity index (χ1v) is 19.3. The molecule has 0 spiro atoms. The van der Waals surface area contributed by atoms with Gasteiger partial charge in [0.15, 0.2) is 0 Å². The van der Waals surface area contributed by atoms with E-state index in [1.807, 2.05) is 0 Å². The van der Waals surface area contributed by atoms with Crippen LogP contribution in [-0.4, -0.2) is 65.0 Å². The molecule has 0 radical (unpaired) electrons. The van der Waals surface area contributed by atoms with Gasteiger partial charge in [0.05, 0.1) is 16.1 Å². The summed E-state index contributed by atoms with van der Waals surface area (Å²) in [6, 6.07) is 22.0. The van der Waals surface area contributed by atoms with Crippen LogP contribution in [0.15, 0.2) is 60.7 Å². The molecule has 0 N–H and O–H groups in total. The first-order chi connectivity index (χ1) is 16.7. The second-order valence-electron chi connectivity index (χ2n) is 11.7. The van der Waals surface area contributed by atoms with Crippen LogP contribution < -0.4 is 20.7 Å². The molecular formula is C34H46BaSi2. The van der Waals surface area contributed by atoms with Gasteiger partial charge >= 0.3 is 48.9 Å². The van der Waals surface area contributed by atoms with E-state index in [2.05, 4.69) is 142 Å². The predicted octanol–water partition coefficient (Wildman–Crippen LogP) is 6.54. The number of hydrogen-bond acceptors (Lipinski definition) is 0. The van der Waals surface area contributed by atoms with Crippen molar-refractivity contribution in [2.75, 3.05) is 0 Å². The van der Waals surface area contributed by atoms with Gasteiger partial charge in [0.2, 0.25) is 0 Å². The Hall–Kier alpha value is -0.855. The first kappa shape index (κ1) is 32.4. The van der Waals surface area contributed by atoms with Crippen LogP contribution in [0.2, 0.25) is 26.2 Å². The Morgan fingerprint density at radius 2 is 0.730 bits per heavy atom. The van der Waals surface area contributed by atoms with Crippen LogP contribution >= 0.6 is 0 Å². The molecule has 0 heterocycles. The molecule has 0 unspecified atom stereocenters. The van der Waals surface area contributed by atoms with Crippen LogP contribution in [0, 0.1) is 55.4 Å². The molecule has 0 fully saturated rings. The van der Waals surface area contributed by atoms with Gasteiger partial charge in [-0.15, -0.1) is 0 Å². The van der Waals surface area contributed by atoms with E-state index in [9.17, 15) is 0 Å². The molecule has 0 bridgehead atoms. The second-order valence-corrected chi connectivity index (χ2v) is 20.4. The van der Waals surface area contributed by atoms with Gasteiger partial charge in [0.25, 0.3) is 0 Å². The molecule has 4 aromatic rings. The third-order valence-electron chi connectivity index (χ3n) is 9.12. The summed E-state index contributed by atoms with van der Waals surface area (Å²) in [5.41, 5.74) is 12.0. The Kier molecular flexibility index (Phi) is 11.0. The third kappa shape index (κ3) is 6.16. The predicted molar refractivity (Wildman–Crippen MR) is 174 cm³/mol. The van der Waals surface area contributed by atoms with Gasteiger partial charge in [-0.05, 0) is 0 Å². The van der Waals surface area contributed by atoms with Crippen LogP contribution in [0.25, 0.3) is 0 Å². The maximum Gasteiger partial charge on any atom is 2.00 e. The van der Waals surface area contributed by atoms with Gasteiger partial charge in [0, 0.05) is 0 Å². The Bertz CT molecular complexity index is 1180. The molecule has 0 amide bonds. The fourth-order valence-electron chi connectivity index (χ4n) is 6.31. The summed E-state index contributed by atoms with van der Waals surface area (Å²) in [5.74, 6) is 0. The zero-order valence-electron chi connectivity index (χ0n) is 25.5. The van der Waals surface area contributed by atoms with Crippen molar-refractivity contribution >= 4 is 85.8 Å². The molecular weight excluding hydrogens is 602 g/mol. The number of hydrogen-bond donors (Lipinski definition) is 0. The van der Waals surface area contributed by atoms with Gasteiger partial charge in [-0.1, -0.05) is 153 Å². The zero-order valence-corrected chi connectivity index (χ0v) is 31.9. The smallest absolute Gasteiger partial charge is 0.199 e. The molecule has 0 nitrogen and oxygen atoms in total. The summed E-state index contributed by atoms with van der Waals surface area (Å²) in [4.78, 5) is 0. The van der Waals surface area contributed by atoms with Crippen LogP contribution in [0.5, 0.6) is 0 Å². The van der Waals surface area contributed by atoms with Gasteiger partial charge in [-0.3, -0.25) is 0 Å². The van der Waals surface area contributed by atoms with Crippen molar-refractivity contribution in [3.05, 3.63) is 105 Å². The van der Waals surface area contributed by atoms with E-state index < -0.39 is 16.1 Å². The Morgan fingerprint density at radius 3 is 0.946 bits per heavy atom. The molecule has 4 aromatic carbocycles. The quantitative estimate of drug-likeness (QED) is 0.174. The van der Waals surface area contributed by atoms with E-state index in [1.165, 1.54) is 54.9 Å². The number of benzene rings is 2. The van der Waals surface area contributed by atoms with E-state index in [4.69, 9.17) is 0 Å². The van der Waals surface area contributed by atoms with Crippen molar-refractivity contribution in [3.8, 4) is 0 Å². The van der Waals surface area contributed by atoms with Crippen molar-refractivity contribution in [1.29, 1.82) is 0 Å². The maximum atomic E-state index is 2.47. The molecule has 0 saturated heterocycles. The monoisotopic (exact) mass is 648 g/mol. The molecule has 0 aliphatic heterocycles. The molecule has 0 aliphatic rings. The van der Waals surface area contributed by atoms with Crippen LogP contribution in [-0.2, 0) is 0 Å². The minimum atomic E-state index is -1.56. The molecule has 0 saturated carbocycles. The van der Waals surface area contributed by atoms with E-state index in [-0.39, 0.29) is 48.9 Å². The molecule has 3 heteroatoms. The van der Waals surface area contributed by atoms with Crippen LogP contribution in [0.4, 0.5) is 0 Å². The Labute approximate surface area is 269 Å². The van der Waals surface area contributed by atoms with Gasteiger partial charge in [-0.2, -0.15) is 54.9 Å². The van der Waals surface area contributed by atoms with Crippen molar-refractivity contribution in [2.24, 2.45) is 0 Å². The average molecular weight is 648 g/mol. The normalized spacial score (nSPS) is 11.6. The molecule has 192 valence electrons. The maximum absolute atomic E-state index is 2.47. The fourth-order valence-corrected chi connectivity index (χ4v) is 13.4. The fraction of sp³-hybridized carbons (Fsp3) is 0.353. The molecule has 4 rings (SSSR count). The minimum absolute atomic E-state index is 0. The van der Waals surface area contributed by atoms with Crippen molar-refractivity contribution < 1.29 is 0 Å². The molecule has 0 aliphatic carbocycles. The van der Waals surface area contributed by atoms with Crippen molar-refractivity contribution in [2.45, 2.75) is 81.6 Å². The summed E-state index contributed by atoms with van der Waals surface area (Å²) < 4.78 is 0. The Morgan fingerprint density at radius 1 is 0.459 bits per heavy atom. The summed E-state index contributed by atoms with van der Waals surface area (Å²) in [6.07, 6.45) is 0. The largest absolute Gasteiger partial charge is 2.00 e. The van der Waals surface area contributed by atoms with E-state index in [0.717, 1.165) is 0 Å². The zero-order chi connectivity index (χ0) is 27.0. The van der Waals surface area contributed by atoms with Crippen LogP contribution in [0.3, 0.4) is 0 Å². The van der Waals surface area contributed by atoms with Crippen LogP contribution in [0.1, 0.15) is 44.5 Å². The SMILES string of the molecule is Cc1c(C)c([Si](C)(C)c2ccccc2)[c-](C)c1C.Cc1c(C)c([Si](C)(C)c2ccccc2)[c-](C)c1C.[Ba+2]. The van der Waals surface area contributed by atoms with Gasteiger partial charge in [0.1, 0.15) is 0 Å². The third-order valence-corrected chi connectivity index (χ3v) is 16.7. The average Bonchev–Trinajstić information content (AvgIpc) is 3.19. The summed E-state index contributed by atoms with van der Waals surface area (Å²) in [6.45, 7) is 28.1. The Balaban J connectivity index is 0.000000253. The summed E-state index contributed by atoms with van der Waals surface area (Å²) >= 11 is 0. The first-order valence-electron chi connectivity index (χ1n) is 13.3. The molecule has 37 heavy (non-hydrogen) atoms. The minimum Gasteiger partial charge on any atom is -0.199 e. The second kappa shape index (κ2) is 12.5. The summed E-state index contributed by atoms with van der Waals surface area (Å²) in [5, 5.41) is 6.34. The van der Waals surface area contributed by atoms with Gasteiger partial charge < -0.3 is 0 Å². The van der Waals surface area contributed by atoms with E-state index in [0.29, 0.717) is 0 Å². The topological polar surface area (TPSA) is 0 Å². The van der Waals surface area contributed by atoms with E-state index >= 15 is 0 Å². The summed E-state index contributed by atoms with van der Waals surface area (Å²) in [7, 11) is -3.11. The van der Waals surface area contributed by atoms with Gasteiger partial charge in [-0.25, -0.2) is 0 Å². The molecule has 0 atom stereocenters. The van der Waals surface area contributed by atoms with Crippen molar-refractivity contribution in [3.63, 3.8) is 0 Å². The molecule has 0 aromatic heterocycles. The van der Waals surface area contributed by atoms with Crippen molar-refractivity contribution in [1.82, 2.24) is 0 Å². The van der Waals surface area contributed by atoms with E-state index in [1.54, 1.807) is 10.4 Å². The standard InChI is InChI=1S/2C17H23Si.Ba/c2*1-12-13(2)15(4)17(14(12)3)18(5,6)16-10-8-7-9-11-16;/h2*7-11H,1-6H3;/q2*-1;+2.